The Morgan fingerprint density at radius 3 is 1.42 bits per heavy atom. The number of amides is 3. The van der Waals surface area contributed by atoms with E-state index < -0.39 is 12.1 Å². The molecule has 3 amide bonds. The van der Waals surface area contributed by atoms with E-state index in [2.05, 4.69) is 37.7 Å². The second kappa shape index (κ2) is 20.7. The van der Waals surface area contributed by atoms with Crippen LogP contribution < -0.4 is 0 Å². The van der Waals surface area contributed by atoms with E-state index in [-0.39, 0.29) is 23.9 Å². The van der Waals surface area contributed by atoms with Crippen molar-refractivity contribution < 1.29 is 19.5 Å². The summed E-state index contributed by atoms with van der Waals surface area (Å²) in [6.07, 6.45) is 18.2. The van der Waals surface area contributed by atoms with Crippen molar-refractivity contribution in [3.8, 4) is 22.8 Å². The van der Waals surface area contributed by atoms with Crippen molar-refractivity contribution in [3.05, 3.63) is 82.9 Å². The third-order valence-electron chi connectivity index (χ3n) is 13.9. The average Bonchev–Trinajstić information content (AvgIpc) is 3.96. The number of unbranched alkanes of at least 4 members (excludes halogenated alkanes) is 12. The van der Waals surface area contributed by atoms with Gasteiger partial charge in [-0.3, -0.25) is 19.3 Å². The molecule has 1 unspecified atom stereocenters. The van der Waals surface area contributed by atoms with Crippen LogP contribution in [0.5, 0.6) is 0 Å². The van der Waals surface area contributed by atoms with E-state index >= 15 is 14.4 Å². The van der Waals surface area contributed by atoms with Gasteiger partial charge in [-0.1, -0.05) is 191 Å². The van der Waals surface area contributed by atoms with Crippen LogP contribution in [0.1, 0.15) is 199 Å². The number of hydrogen-bond acceptors (Lipinski definition) is 6. The van der Waals surface area contributed by atoms with Gasteiger partial charge in [0.15, 0.2) is 6.23 Å². The fourth-order valence-corrected chi connectivity index (χ4v) is 10.6. The lowest BCUT2D eigenvalue weighted by atomic mass is 9.81. The van der Waals surface area contributed by atoms with E-state index in [4.69, 9.17) is 9.97 Å². The quantitative estimate of drug-likeness (QED) is 0.0409. The summed E-state index contributed by atoms with van der Waals surface area (Å²) >= 11 is 0. The van der Waals surface area contributed by atoms with Crippen LogP contribution in [-0.4, -0.2) is 64.6 Å². The molecule has 338 valence electrons. The summed E-state index contributed by atoms with van der Waals surface area (Å²) in [6, 6.07) is 19.0. The van der Waals surface area contributed by atoms with Crippen LogP contribution >= 0.6 is 0 Å². The lowest BCUT2D eigenvalue weighted by Crippen LogP contribution is -2.49. The Hall–Kier alpha value is -5.35. The highest BCUT2D eigenvalue weighted by Crippen LogP contribution is 2.50. The molecule has 10 heteroatoms. The maximum Gasteiger partial charge on any atom is 0.263 e. The van der Waals surface area contributed by atoms with Gasteiger partial charge in [-0.2, -0.15) is 0 Å². The number of aromatic amines is 2. The lowest BCUT2D eigenvalue weighted by Gasteiger charge is -2.41. The smallest absolute Gasteiger partial charge is 0.263 e. The minimum Gasteiger partial charge on any atom is -0.369 e. The number of imidazole rings is 2. The van der Waals surface area contributed by atoms with E-state index in [0.717, 1.165) is 127 Å². The number of imide groups is 1. The van der Waals surface area contributed by atoms with Gasteiger partial charge in [-0.25, -0.2) is 9.97 Å². The fraction of sp³-hybridized carbons (Fsp3) is 0.500. The van der Waals surface area contributed by atoms with Gasteiger partial charge < -0.3 is 20.0 Å². The molecule has 0 saturated heterocycles. The van der Waals surface area contributed by atoms with Crippen molar-refractivity contribution in [2.75, 3.05) is 0 Å². The van der Waals surface area contributed by atoms with Crippen LogP contribution in [-0.2, 0) is 0 Å². The molecule has 0 saturated carbocycles. The van der Waals surface area contributed by atoms with Crippen molar-refractivity contribution in [3.63, 3.8) is 0 Å². The molecule has 4 aromatic carbocycles. The zero-order valence-corrected chi connectivity index (χ0v) is 38.6. The Balaban J connectivity index is 1.41. The fourth-order valence-electron chi connectivity index (χ4n) is 10.6. The second-order valence-electron chi connectivity index (χ2n) is 18.4. The van der Waals surface area contributed by atoms with Gasteiger partial charge >= 0.3 is 0 Å². The summed E-state index contributed by atoms with van der Waals surface area (Å²) in [4.78, 5) is 67.7. The van der Waals surface area contributed by atoms with Gasteiger partial charge in [-0.15, -0.1) is 0 Å². The second-order valence-corrected chi connectivity index (χ2v) is 18.4. The molecule has 0 bridgehead atoms. The third-order valence-corrected chi connectivity index (χ3v) is 13.9. The molecule has 6 aromatic rings. The molecule has 2 aromatic heterocycles. The molecule has 8 rings (SSSR count). The lowest BCUT2D eigenvalue weighted by molar-refractivity contribution is -0.0192. The highest BCUT2D eigenvalue weighted by Gasteiger charge is 2.48. The zero-order chi connectivity index (χ0) is 44.7. The van der Waals surface area contributed by atoms with Crippen molar-refractivity contribution in [1.82, 2.24) is 29.7 Å². The molecule has 0 aliphatic carbocycles. The highest BCUT2D eigenvalue weighted by atomic mass is 16.3. The molecule has 4 heterocycles. The minimum atomic E-state index is -1.35. The third kappa shape index (κ3) is 8.62. The number of aliphatic hydroxyl groups is 1. The molecule has 0 spiro atoms. The molecule has 0 radical (unpaired) electrons. The molecule has 2 aliphatic heterocycles. The van der Waals surface area contributed by atoms with Gasteiger partial charge in [0.25, 0.3) is 17.7 Å². The van der Waals surface area contributed by atoms with Crippen molar-refractivity contribution in [2.24, 2.45) is 0 Å². The molecule has 3 N–H and O–H groups in total. The number of H-pyrrole nitrogens is 2. The molecule has 10 nitrogen and oxygen atoms in total. The first-order chi connectivity index (χ1) is 31.3. The topological polar surface area (TPSA) is 135 Å². The first-order valence-corrected chi connectivity index (χ1v) is 24.8. The number of aliphatic hydroxyl groups excluding tert-OH is 1. The summed E-state index contributed by atoms with van der Waals surface area (Å²) < 4.78 is 0. The Kier molecular flexibility index (Phi) is 14.6. The number of aromatic nitrogens is 4. The van der Waals surface area contributed by atoms with E-state index in [1.54, 1.807) is 4.90 Å². The van der Waals surface area contributed by atoms with Crippen LogP contribution in [0.15, 0.2) is 60.7 Å². The Labute approximate surface area is 378 Å². The molecule has 64 heavy (non-hydrogen) atoms. The van der Waals surface area contributed by atoms with Crippen LogP contribution in [0.4, 0.5) is 0 Å². The van der Waals surface area contributed by atoms with E-state index in [9.17, 15) is 5.11 Å². The maximum atomic E-state index is 15.7. The normalized spacial score (nSPS) is 15.1. The number of carbonyl (C=O) groups is 3. The predicted octanol–water partition coefficient (Wildman–Crippen LogP) is 13.6. The van der Waals surface area contributed by atoms with Crippen molar-refractivity contribution >= 4 is 50.6 Å². The summed E-state index contributed by atoms with van der Waals surface area (Å²) in [5, 5.41) is 13.8. The summed E-state index contributed by atoms with van der Waals surface area (Å²) in [6.45, 7) is 8.78. The zero-order valence-electron chi connectivity index (χ0n) is 38.6. The first-order valence-electron chi connectivity index (χ1n) is 24.8. The molecular weight excluding hydrogens is 797 g/mol. The number of nitrogens with zero attached hydrogens (tertiary/aromatic N) is 4. The summed E-state index contributed by atoms with van der Waals surface area (Å²) in [7, 11) is 0. The number of rotatable bonds is 24. The molecule has 2 aliphatic rings. The van der Waals surface area contributed by atoms with Gasteiger partial charge in [0.05, 0.1) is 27.7 Å². The number of carbonyl (C=O) groups excluding carboxylic acids is 3. The van der Waals surface area contributed by atoms with Gasteiger partial charge in [-0.05, 0) is 25.7 Å². The summed E-state index contributed by atoms with van der Waals surface area (Å²) in [5.41, 5.74) is 4.81. The minimum absolute atomic E-state index is 0.235. The number of nitrogens with one attached hydrogen (secondary N) is 2. The Morgan fingerprint density at radius 2 is 0.938 bits per heavy atom. The van der Waals surface area contributed by atoms with E-state index in [0.29, 0.717) is 79.6 Å². The number of fused-ring (bicyclic) bond motifs is 6. The van der Waals surface area contributed by atoms with Gasteiger partial charge in [0, 0.05) is 39.5 Å². The van der Waals surface area contributed by atoms with E-state index in [1.165, 1.54) is 4.90 Å². The van der Waals surface area contributed by atoms with Gasteiger partial charge in [0.1, 0.15) is 22.7 Å². The van der Waals surface area contributed by atoms with Crippen molar-refractivity contribution in [2.45, 2.75) is 174 Å². The summed E-state index contributed by atoms with van der Waals surface area (Å²) in [5.74, 6) is -0.0110. The maximum absolute atomic E-state index is 15.7. The van der Waals surface area contributed by atoms with Crippen LogP contribution in [0.2, 0.25) is 0 Å². The molecule has 1 atom stereocenters. The number of hydrogen-bond donors (Lipinski definition) is 3. The highest BCUT2D eigenvalue weighted by molar-refractivity contribution is 6.37. The standard InChI is InChI=1S/C54H68N6O4/c1-5-9-13-23-31-37(32-24-14-10-6-2)59-51(61)41-39-40-43(47-45(41)55-49(57-47)35-27-19-17-20-28-35)53(63)60(38(33-25-15-11-7-3)34-26-16-12-8-4)54(64)44(40)48-46(42(39)52(59)62)56-50(58-48)36-29-21-18-22-30-36/h17-22,27-30,37-38,51,61H,5-16,23-26,31-34H2,1-4H3,(H,55,57)(H,56,58). The monoisotopic (exact) mass is 865 g/mol. The average molecular weight is 865 g/mol. The van der Waals surface area contributed by atoms with Crippen LogP contribution in [0, 0.1) is 0 Å². The van der Waals surface area contributed by atoms with E-state index in [1.807, 2.05) is 60.7 Å². The van der Waals surface area contributed by atoms with Crippen LogP contribution in [0.3, 0.4) is 0 Å². The van der Waals surface area contributed by atoms with Crippen molar-refractivity contribution in [1.29, 1.82) is 0 Å². The Bertz CT molecular complexity index is 2530. The first kappa shape index (κ1) is 45.2. The molecule has 0 fully saturated rings. The largest absolute Gasteiger partial charge is 0.369 e. The number of benzene rings is 4. The Morgan fingerprint density at radius 1 is 0.516 bits per heavy atom. The van der Waals surface area contributed by atoms with Crippen LogP contribution in [0.25, 0.3) is 55.6 Å². The predicted molar refractivity (Wildman–Crippen MR) is 258 cm³/mol. The SMILES string of the molecule is CCCCCCC(CCCCCC)N1C(=O)c2c3nc(-c4ccccc4)[nH]c3c3c4c(c5nc(-c6ccccc6)[nH]c5c(c24)C1=O)C(=O)N(C(CCCCCC)CCCCCC)C3O. The van der Waals surface area contributed by atoms with Gasteiger partial charge in [0.2, 0.25) is 0 Å². The molecular formula is C54H68N6O4.